The summed E-state index contributed by atoms with van der Waals surface area (Å²) < 4.78 is 0. The summed E-state index contributed by atoms with van der Waals surface area (Å²) in [5.74, 6) is 0.202. The number of thioether (sulfide) groups is 1. The third-order valence-electron chi connectivity index (χ3n) is 2.46. The predicted molar refractivity (Wildman–Crippen MR) is 86.7 cm³/mol. The fourth-order valence-electron chi connectivity index (χ4n) is 1.48. The Morgan fingerprint density at radius 1 is 1.10 bits per heavy atom. The van der Waals surface area contributed by atoms with Crippen LogP contribution in [-0.2, 0) is 4.79 Å². The van der Waals surface area contributed by atoms with Crippen molar-refractivity contribution in [3.8, 4) is 0 Å². The van der Waals surface area contributed by atoms with E-state index in [2.05, 4.69) is 5.32 Å². The van der Waals surface area contributed by atoms with E-state index in [4.69, 9.17) is 28.9 Å². The lowest BCUT2D eigenvalue weighted by Gasteiger charge is -2.06. The van der Waals surface area contributed by atoms with Crippen LogP contribution in [0.3, 0.4) is 0 Å². The summed E-state index contributed by atoms with van der Waals surface area (Å²) in [6, 6.07) is 12.3. The van der Waals surface area contributed by atoms with Crippen molar-refractivity contribution in [2.75, 3.05) is 16.8 Å². The van der Waals surface area contributed by atoms with Gasteiger partial charge in [-0.15, -0.1) is 11.8 Å². The van der Waals surface area contributed by atoms with Crippen LogP contribution < -0.4 is 11.1 Å². The maximum atomic E-state index is 11.8. The summed E-state index contributed by atoms with van der Waals surface area (Å²) >= 11 is 13.1. The number of hydrogen-bond donors (Lipinski definition) is 2. The molecule has 0 radical (unpaired) electrons. The molecular weight excluding hydrogens is 315 g/mol. The number of rotatable bonds is 4. The van der Waals surface area contributed by atoms with Crippen molar-refractivity contribution in [3.63, 3.8) is 0 Å². The lowest BCUT2D eigenvalue weighted by Crippen LogP contribution is -2.13. The maximum Gasteiger partial charge on any atom is 0.234 e. The SMILES string of the molecule is Nc1ccc(NC(=O)CSc2ccc(Cl)c(Cl)c2)cc1. The molecule has 1 amide bonds. The van der Waals surface area contributed by atoms with Gasteiger partial charge in [-0.2, -0.15) is 0 Å². The largest absolute Gasteiger partial charge is 0.399 e. The Kier molecular flexibility index (Phi) is 5.17. The van der Waals surface area contributed by atoms with E-state index >= 15 is 0 Å². The molecule has 0 spiro atoms. The van der Waals surface area contributed by atoms with Gasteiger partial charge in [0.05, 0.1) is 15.8 Å². The number of nitrogens with two attached hydrogens (primary N) is 1. The quantitative estimate of drug-likeness (QED) is 0.650. The molecule has 0 aromatic heterocycles. The third kappa shape index (κ3) is 4.34. The van der Waals surface area contributed by atoms with Gasteiger partial charge in [0.2, 0.25) is 5.91 Å². The molecule has 6 heteroatoms. The van der Waals surface area contributed by atoms with Crippen molar-refractivity contribution in [3.05, 3.63) is 52.5 Å². The Morgan fingerprint density at radius 2 is 1.80 bits per heavy atom. The van der Waals surface area contributed by atoms with Gasteiger partial charge in [-0.05, 0) is 42.5 Å². The first kappa shape index (κ1) is 15.0. The molecule has 2 aromatic carbocycles. The highest BCUT2D eigenvalue weighted by atomic mass is 35.5. The van der Waals surface area contributed by atoms with E-state index in [9.17, 15) is 4.79 Å². The van der Waals surface area contributed by atoms with Gasteiger partial charge in [-0.25, -0.2) is 0 Å². The minimum Gasteiger partial charge on any atom is -0.399 e. The van der Waals surface area contributed by atoms with Crippen LogP contribution in [0.1, 0.15) is 0 Å². The molecule has 0 saturated carbocycles. The second-order valence-corrected chi connectivity index (χ2v) is 5.90. The van der Waals surface area contributed by atoms with Crippen molar-refractivity contribution in [2.24, 2.45) is 0 Å². The number of carbonyl (C=O) groups is 1. The average Bonchev–Trinajstić information content (AvgIpc) is 2.43. The number of carbonyl (C=O) groups excluding carboxylic acids is 1. The summed E-state index contributed by atoms with van der Waals surface area (Å²) in [7, 11) is 0. The van der Waals surface area contributed by atoms with Gasteiger partial charge in [0, 0.05) is 16.3 Å². The Bertz CT molecular complexity index is 617. The van der Waals surface area contributed by atoms with Crippen molar-refractivity contribution in [2.45, 2.75) is 4.90 Å². The fraction of sp³-hybridized carbons (Fsp3) is 0.0714. The zero-order valence-corrected chi connectivity index (χ0v) is 12.7. The summed E-state index contributed by atoms with van der Waals surface area (Å²) in [6.45, 7) is 0. The van der Waals surface area contributed by atoms with Gasteiger partial charge in [0.15, 0.2) is 0 Å². The molecule has 0 heterocycles. The summed E-state index contributed by atoms with van der Waals surface area (Å²) in [4.78, 5) is 12.7. The van der Waals surface area contributed by atoms with Gasteiger partial charge in [0.1, 0.15) is 0 Å². The number of halogens is 2. The third-order valence-corrected chi connectivity index (χ3v) is 4.19. The second-order valence-electron chi connectivity index (χ2n) is 4.03. The first-order valence-electron chi connectivity index (χ1n) is 5.78. The van der Waals surface area contributed by atoms with Crippen LogP contribution in [0.25, 0.3) is 0 Å². The molecule has 0 atom stereocenters. The second kappa shape index (κ2) is 6.88. The molecule has 0 aliphatic rings. The van der Waals surface area contributed by atoms with Crippen molar-refractivity contribution in [1.82, 2.24) is 0 Å². The summed E-state index contributed by atoms with van der Waals surface area (Å²) in [5, 5.41) is 3.78. The van der Waals surface area contributed by atoms with Gasteiger partial charge >= 0.3 is 0 Å². The fourth-order valence-corrected chi connectivity index (χ4v) is 2.58. The molecule has 2 rings (SSSR count). The molecule has 0 aliphatic carbocycles. The van der Waals surface area contributed by atoms with Crippen LogP contribution in [0.2, 0.25) is 10.0 Å². The molecule has 0 bridgehead atoms. The molecule has 20 heavy (non-hydrogen) atoms. The Morgan fingerprint density at radius 3 is 2.45 bits per heavy atom. The van der Waals surface area contributed by atoms with E-state index in [0.717, 1.165) is 10.6 Å². The molecule has 3 N–H and O–H groups in total. The maximum absolute atomic E-state index is 11.8. The van der Waals surface area contributed by atoms with E-state index < -0.39 is 0 Å². The first-order chi connectivity index (χ1) is 9.54. The normalized spacial score (nSPS) is 10.3. The lowest BCUT2D eigenvalue weighted by molar-refractivity contribution is -0.113. The Hall–Kier alpha value is -1.36. The van der Waals surface area contributed by atoms with Crippen LogP contribution in [0.15, 0.2) is 47.4 Å². The van der Waals surface area contributed by atoms with E-state index in [1.807, 2.05) is 6.07 Å². The molecule has 104 valence electrons. The molecule has 3 nitrogen and oxygen atoms in total. The van der Waals surface area contributed by atoms with E-state index in [-0.39, 0.29) is 5.91 Å². The van der Waals surface area contributed by atoms with Crippen LogP contribution in [-0.4, -0.2) is 11.7 Å². The highest BCUT2D eigenvalue weighted by molar-refractivity contribution is 8.00. The minimum absolute atomic E-state index is 0.0918. The summed E-state index contributed by atoms with van der Waals surface area (Å²) in [6.07, 6.45) is 0. The van der Waals surface area contributed by atoms with E-state index in [1.165, 1.54) is 11.8 Å². The number of amides is 1. The Balaban J connectivity index is 1.88. The van der Waals surface area contributed by atoms with Crippen molar-refractivity contribution < 1.29 is 4.79 Å². The molecule has 0 saturated heterocycles. The standard InChI is InChI=1S/C14H12Cl2N2OS/c15-12-6-5-11(7-13(12)16)20-8-14(19)18-10-3-1-9(17)2-4-10/h1-7H,8,17H2,(H,18,19). The molecule has 2 aromatic rings. The zero-order valence-electron chi connectivity index (χ0n) is 10.4. The lowest BCUT2D eigenvalue weighted by atomic mass is 10.3. The van der Waals surface area contributed by atoms with Crippen LogP contribution in [0.5, 0.6) is 0 Å². The van der Waals surface area contributed by atoms with Gasteiger partial charge < -0.3 is 11.1 Å². The highest BCUT2D eigenvalue weighted by Crippen LogP contribution is 2.28. The number of hydrogen-bond acceptors (Lipinski definition) is 3. The van der Waals surface area contributed by atoms with Gasteiger partial charge in [0.25, 0.3) is 0 Å². The molecule has 0 unspecified atom stereocenters. The molecular formula is C14H12Cl2N2OS. The van der Waals surface area contributed by atoms with E-state index in [0.29, 0.717) is 21.5 Å². The van der Waals surface area contributed by atoms with E-state index in [1.54, 1.807) is 36.4 Å². The van der Waals surface area contributed by atoms with Crippen molar-refractivity contribution in [1.29, 1.82) is 0 Å². The van der Waals surface area contributed by atoms with Crippen LogP contribution in [0, 0.1) is 0 Å². The summed E-state index contributed by atoms with van der Waals surface area (Å²) in [5.41, 5.74) is 6.96. The first-order valence-corrected chi connectivity index (χ1v) is 7.52. The van der Waals surface area contributed by atoms with Crippen LogP contribution in [0.4, 0.5) is 11.4 Å². The highest BCUT2D eigenvalue weighted by Gasteiger charge is 2.05. The molecule has 0 fully saturated rings. The predicted octanol–water partition coefficient (Wildman–Crippen LogP) is 4.31. The van der Waals surface area contributed by atoms with Crippen molar-refractivity contribution >= 4 is 52.2 Å². The number of benzene rings is 2. The Labute approximate surface area is 131 Å². The number of nitrogens with one attached hydrogen (secondary N) is 1. The number of anilines is 2. The average molecular weight is 327 g/mol. The smallest absolute Gasteiger partial charge is 0.234 e. The minimum atomic E-state index is -0.0918. The van der Waals surface area contributed by atoms with Gasteiger partial charge in [-0.1, -0.05) is 23.2 Å². The monoisotopic (exact) mass is 326 g/mol. The van der Waals surface area contributed by atoms with Gasteiger partial charge in [-0.3, -0.25) is 4.79 Å². The van der Waals surface area contributed by atoms with Crippen LogP contribution >= 0.6 is 35.0 Å². The topological polar surface area (TPSA) is 55.1 Å². The zero-order chi connectivity index (χ0) is 14.5. The molecule has 0 aliphatic heterocycles. The number of nitrogen functional groups attached to an aromatic ring is 1.